The van der Waals surface area contributed by atoms with Crippen LogP contribution in [0.15, 0.2) is 48.2 Å². The van der Waals surface area contributed by atoms with Crippen molar-refractivity contribution in [1.29, 1.82) is 0 Å². The largest absolute Gasteiger partial charge is 0.343 e. The minimum absolute atomic E-state index is 0.169. The Hall–Kier alpha value is -2.64. The van der Waals surface area contributed by atoms with E-state index >= 15 is 0 Å². The first-order valence-electron chi connectivity index (χ1n) is 7.59. The topological polar surface area (TPSA) is 64.2 Å². The molecule has 4 aromatic rings. The van der Waals surface area contributed by atoms with Crippen LogP contribution >= 0.6 is 22.9 Å². The normalized spacial score (nSPS) is 11.1. The molecule has 0 aliphatic rings. The van der Waals surface area contributed by atoms with Crippen LogP contribution in [0.5, 0.6) is 0 Å². The van der Waals surface area contributed by atoms with Gasteiger partial charge in [0.1, 0.15) is 11.5 Å². The fraction of sp³-hybridized carbons (Fsp3) is 0.118. The second-order valence-electron chi connectivity index (χ2n) is 5.52. The number of nitrogens with zero attached hydrogens (tertiary/aromatic N) is 4. The fourth-order valence-corrected chi connectivity index (χ4v) is 3.65. The third-order valence-electron chi connectivity index (χ3n) is 3.92. The first kappa shape index (κ1) is 15.9. The zero-order chi connectivity index (χ0) is 17.4. The molecule has 0 atom stereocenters. The summed E-state index contributed by atoms with van der Waals surface area (Å²) in [5.74, 6) is 0.625. The van der Waals surface area contributed by atoms with E-state index in [0.717, 1.165) is 22.0 Å². The summed E-state index contributed by atoms with van der Waals surface area (Å²) in [6.07, 6.45) is 5.38. The van der Waals surface area contributed by atoms with E-state index in [9.17, 15) is 4.79 Å². The van der Waals surface area contributed by atoms with Gasteiger partial charge in [-0.15, -0.1) is 11.3 Å². The van der Waals surface area contributed by atoms with Gasteiger partial charge in [0.15, 0.2) is 4.96 Å². The molecule has 1 aromatic carbocycles. The van der Waals surface area contributed by atoms with E-state index in [1.807, 2.05) is 48.3 Å². The third kappa shape index (κ3) is 2.92. The zero-order valence-corrected chi connectivity index (χ0v) is 14.9. The summed E-state index contributed by atoms with van der Waals surface area (Å²) in [5.41, 5.74) is 2.13. The average Bonchev–Trinajstić information content (AvgIpc) is 3.28. The average molecular weight is 372 g/mol. The lowest BCUT2D eigenvalue weighted by Crippen LogP contribution is -2.25. The number of amides is 1. The Morgan fingerprint density at radius 3 is 2.96 bits per heavy atom. The molecule has 3 aromatic heterocycles. The molecule has 126 valence electrons. The van der Waals surface area contributed by atoms with Crippen molar-refractivity contribution < 1.29 is 4.79 Å². The van der Waals surface area contributed by atoms with E-state index in [0.29, 0.717) is 17.3 Å². The molecular formula is C17H14ClN5OS. The number of hydrogen-bond acceptors (Lipinski definition) is 4. The molecule has 0 aliphatic carbocycles. The molecule has 25 heavy (non-hydrogen) atoms. The van der Waals surface area contributed by atoms with Gasteiger partial charge in [-0.1, -0.05) is 29.8 Å². The molecule has 0 fully saturated rings. The summed E-state index contributed by atoms with van der Waals surface area (Å²) in [4.78, 5) is 22.0. The van der Waals surface area contributed by atoms with E-state index in [-0.39, 0.29) is 5.91 Å². The van der Waals surface area contributed by atoms with E-state index in [2.05, 4.69) is 15.3 Å². The summed E-state index contributed by atoms with van der Waals surface area (Å²) in [5, 5.41) is 5.32. The molecule has 0 spiro atoms. The highest BCUT2D eigenvalue weighted by Gasteiger charge is 2.16. The summed E-state index contributed by atoms with van der Waals surface area (Å²) < 4.78 is 3.66. The maximum absolute atomic E-state index is 12.5. The monoisotopic (exact) mass is 371 g/mol. The van der Waals surface area contributed by atoms with Gasteiger partial charge in [-0.05, 0) is 6.07 Å². The number of aromatic nitrogens is 4. The lowest BCUT2D eigenvalue weighted by Gasteiger charge is -2.04. The molecule has 6 nitrogen and oxygen atoms in total. The molecule has 0 bridgehead atoms. The van der Waals surface area contributed by atoms with Crippen LogP contribution in [0, 0.1) is 0 Å². The van der Waals surface area contributed by atoms with Crippen molar-refractivity contribution in [3.8, 4) is 11.3 Å². The van der Waals surface area contributed by atoms with Crippen LogP contribution in [0.25, 0.3) is 16.2 Å². The Labute approximate surface area is 152 Å². The second-order valence-corrected chi connectivity index (χ2v) is 6.76. The van der Waals surface area contributed by atoms with Gasteiger partial charge in [-0.2, -0.15) is 0 Å². The van der Waals surface area contributed by atoms with Crippen molar-refractivity contribution in [2.75, 3.05) is 0 Å². The SMILES string of the molecule is Cn1ccnc1CNC(=O)c1csc2nc(-c3ccccc3Cl)cn12. The van der Waals surface area contributed by atoms with Gasteiger partial charge in [0.2, 0.25) is 0 Å². The summed E-state index contributed by atoms with van der Waals surface area (Å²) in [6, 6.07) is 7.52. The Balaban J connectivity index is 1.61. The first-order valence-corrected chi connectivity index (χ1v) is 8.85. The number of aryl methyl sites for hydroxylation is 1. The second kappa shape index (κ2) is 6.34. The van der Waals surface area contributed by atoms with Crippen LogP contribution in [-0.4, -0.2) is 24.8 Å². The quantitative estimate of drug-likeness (QED) is 0.598. The van der Waals surface area contributed by atoms with Crippen molar-refractivity contribution in [2.45, 2.75) is 6.54 Å². The number of hydrogen-bond donors (Lipinski definition) is 1. The van der Waals surface area contributed by atoms with E-state index in [1.54, 1.807) is 16.0 Å². The van der Waals surface area contributed by atoms with Gasteiger partial charge in [0, 0.05) is 36.6 Å². The van der Waals surface area contributed by atoms with E-state index in [1.165, 1.54) is 11.3 Å². The fourth-order valence-electron chi connectivity index (χ4n) is 2.56. The van der Waals surface area contributed by atoms with Crippen LogP contribution < -0.4 is 5.32 Å². The smallest absolute Gasteiger partial charge is 0.269 e. The number of thiazole rings is 1. The maximum Gasteiger partial charge on any atom is 0.269 e. The Morgan fingerprint density at radius 1 is 1.36 bits per heavy atom. The van der Waals surface area contributed by atoms with Crippen LogP contribution in [0.2, 0.25) is 5.02 Å². The molecule has 0 radical (unpaired) electrons. The predicted octanol–water partition coefficient (Wildman–Crippen LogP) is 3.38. The van der Waals surface area contributed by atoms with Gasteiger partial charge in [0.25, 0.3) is 5.91 Å². The summed E-state index contributed by atoms with van der Waals surface area (Å²) >= 11 is 7.66. The van der Waals surface area contributed by atoms with Crippen LogP contribution in [-0.2, 0) is 13.6 Å². The van der Waals surface area contributed by atoms with Gasteiger partial charge in [0.05, 0.1) is 17.3 Å². The minimum atomic E-state index is -0.169. The number of nitrogens with one attached hydrogen (secondary N) is 1. The van der Waals surface area contributed by atoms with E-state index in [4.69, 9.17) is 11.6 Å². The standard InChI is InChI=1S/C17H14ClN5OS/c1-22-7-6-19-15(22)8-20-16(24)14-10-25-17-21-13(9-23(14)17)11-4-2-3-5-12(11)18/h2-7,9-10H,8H2,1H3,(H,20,24). The Bertz CT molecular complexity index is 1060. The minimum Gasteiger partial charge on any atom is -0.343 e. The van der Waals surface area contributed by atoms with Crippen LogP contribution in [0.3, 0.4) is 0 Å². The predicted molar refractivity (Wildman–Crippen MR) is 97.9 cm³/mol. The van der Waals surface area contributed by atoms with Gasteiger partial charge in [-0.25, -0.2) is 9.97 Å². The first-order chi connectivity index (χ1) is 12.1. The molecule has 1 N–H and O–H groups in total. The molecule has 0 aliphatic heterocycles. The number of fused-ring (bicyclic) bond motifs is 1. The van der Waals surface area contributed by atoms with Gasteiger partial charge >= 0.3 is 0 Å². The number of halogens is 1. The molecule has 0 saturated carbocycles. The molecule has 4 rings (SSSR count). The molecule has 3 heterocycles. The maximum atomic E-state index is 12.5. The lowest BCUT2D eigenvalue weighted by molar-refractivity contribution is 0.0944. The molecular weight excluding hydrogens is 358 g/mol. The van der Waals surface area contributed by atoms with Crippen LogP contribution in [0.1, 0.15) is 16.3 Å². The van der Waals surface area contributed by atoms with Crippen molar-refractivity contribution in [3.05, 3.63) is 64.8 Å². The molecule has 1 amide bonds. The van der Waals surface area contributed by atoms with Crippen molar-refractivity contribution in [2.24, 2.45) is 7.05 Å². The Kier molecular flexibility index (Phi) is 4.03. The molecule has 0 unspecified atom stereocenters. The Morgan fingerprint density at radius 2 is 2.20 bits per heavy atom. The molecule has 0 saturated heterocycles. The highest BCUT2D eigenvalue weighted by atomic mass is 35.5. The van der Waals surface area contributed by atoms with Crippen LogP contribution in [0.4, 0.5) is 0 Å². The summed E-state index contributed by atoms with van der Waals surface area (Å²) in [6.45, 7) is 0.367. The zero-order valence-electron chi connectivity index (χ0n) is 13.3. The number of carbonyl (C=O) groups is 1. The number of benzene rings is 1. The van der Waals surface area contributed by atoms with Crippen molar-refractivity contribution in [1.82, 2.24) is 24.3 Å². The number of rotatable bonds is 4. The molecule has 8 heteroatoms. The van der Waals surface area contributed by atoms with Gasteiger partial charge in [-0.3, -0.25) is 9.20 Å². The highest BCUT2D eigenvalue weighted by Crippen LogP contribution is 2.29. The highest BCUT2D eigenvalue weighted by molar-refractivity contribution is 7.15. The third-order valence-corrected chi connectivity index (χ3v) is 5.09. The number of imidazole rings is 2. The van der Waals surface area contributed by atoms with E-state index < -0.39 is 0 Å². The summed E-state index contributed by atoms with van der Waals surface area (Å²) in [7, 11) is 1.89. The lowest BCUT2D eigenvalue weighted by atomic mass is 10.2. The van der Waals surface area contributed by atoms with Gasteiger partial charge < -0.3 is 9.88 Å². The van der Waals surface area contributed by atoms with Crippen molar-refractivity contribution >= 4 is 33.8 Å². The number of carbonyl (C=O) groups excluding carboxylic acids is 1. The van der Waals surface area contributed by atoms with Crippen molar-refractivity contribution in [3.63, 3.8) is 0 Å².